The standard InChI is InChI=1S/C22H26FNO3/c1-5-18(22(25)26)19-9-7-6-8-16(19)14-27-21-11-10-17(12-20(21)23)24(4)13-15(2)3/h5-12,15H,13-14H2,1-4H3,(H,25,26). The molecule has 0 heterocycles. The van der Waals surface area contributed by atoms with Crippen molar-refractivity contribution < 1.29 is 19.0 Å². The van der Waals surface area contributed by atoms with Crippen LogP contribution in [0.2, 0.25) is 0 Å². The van der Waals surface area contributed by atoms with E-state index in [1.165, 1.54) is 6.07 Å². The minimum atomic E-state index is -1.01. The van der Waals surface area contributed by atoms with Crippen molar-refractivity contribution in [2.45, 2.75) is 27.4 Å². The third-order valence-corrected chi connectivity index (χ3v) is 4.21. The normalized spacial score (nSPS) is 11.6. The molecule has 0 spiro atoms. The van der Waals surface area contributed by atoms with E-state index in [1.54, 1.807) is 43.3 Å². The second-order valence-corrected chi connectivity index (χ2v) is 6.84. The molecule has 0 saturated heterocycles. The van der Waals surface area contributed by atoms with Gasteiger partial charge >= 0.3 is 5.97 Å². The molecule has 0 aliphatic carbocycles. The first-order valence-electron chi connectivity index (χ1n) is 8.94. The summed E-state index contributed by atoms with van der Waals surface area (Å²) in [6.45, 7) is 6.80. The Kier molecular flexibility index (Phi) is 6.99. The van der Waals surface area contributed by atoms with Gasteiger partial charge in [0.05, 0.1) is 5.57 Å². The topological polar surface area (TPSA) is 49.8 Å². The number of carboxylic acid groups (broad SMARTS) is 1. The highest BCUT2D eigenvalue weighted by Crippen LogP contribution is 2.26. The summed E-state index contributed by atoms with van der Waals surface area (Å²) >= 11 is 0. The second kappa shape index (κ2) is 9.21. The van der Waals surface area contributed by atoms with Crippen molar-refractivity contribution in [3.05, 3.63) is 65.5 Å². The van der Waals surface area contributed by atoms with Crippen LogP contribution in [0.5, 0.6) is 5.75 Å². The van der Waals surface area contributed by atoms with Crippen molar-refractivity contribution >= 4 is 17.2 Å². The quantitative estimate of drug-likeness (QED) is 0.665. The first kappa shape index (κ1) is 20.5. The third kappa shape index (κ3) is 5.33. The zero-order chi connectivity index (χ0) is 20.0. The number of hydrogen-bond donors (Lipinski definition) is 1. The lowest BCUT2D eigenvalue weighted by atomic mass is 10.00. The highest BCUT2D eigenvalue weighted by molar-refractivity contribution is 6.15. The predicted molar refractivity (Wildman–Crippen MR) is 107 cm³/mol. The van der Waals surface area contributed by atoms with Crippen LogP contribution >= 0.6 is 0 Å². The minimum Gasteiger partial charge on any atom is -0.486 e. The summed E-state index contributed by atoms with van der Waals surface area (Å²) in [5.74, 6) is -0.830. The molecule has 1 N–H and O–H groups in total. The predicted octanol–water partition coefficient (Wildman–Crippen LogP) is 4.98. The molecule has 144 valence electrons. The van der Waals surface area contributed by atoms with Crippen LogP contribution < -0.4 is 9.64 Å². The summed E-state index contributed by atoms with van der Waals surface area (Å²) < 4.78 is 20.1. The fourth-order valence-corrected chi connectivity index (χ4v) is 2.96. The average molecular weight is 371 g/mol. The molecule has 0 aliphatic rings. The Labute approximate surface area is 159 Å². The van der Waals surface area contributed by atoms with Gasteiger partial charge in [-0.05, 0) is 36.1 Å². The Hall–Kier alpha value is -2.82. The van der Waals surface area contributed by atoms with E-state index in [1.807, 2.05) is 18.0 Å². The van der Waals surface area contributed by atoms with Crippen LogP contribution in [-0.4, -0.2) is 24.7 Å². The molecule has 0 unspecified atom stereocenters. The maximum Gasteiger partial charge on any atom is 0.335 e. The van der Waals surface area contributed by atoms with Gasteiger partial charge in [0, 0.05) is 25.3 Å². The molecule has 2 aromatic carbocycles. The summed E-state index contributed by atoms with van der Waals surface area (Å²) in [4.78, 5) is 13.4. The molecule has 0 saturated carbocycles. The zero-order valence-electron chi connectivity index (χ0n) is 16.2. The summed E-state index contributed by atoms with van der Waals surface area (Å²) in [6, 6.07) is 12.0. The maximum atomic E-state index is 14.4. The van der Waals surface area contributed by atoms with Crippen molar-refractivity contribution in [2.75, 3.05) is 18.5 Å². The van der Waals surface area contributed by atoms with Crippen LogP contribution in [-0.2, 0) is 11.4 Å². The number of allylic oxidation sites excluding steroid dienone is 1. The number of carbonyl (C=O) groups is 1. The summed E-state index contributed by atoms with van der Waals surface area (Å²) in [5, 5.41) is 9.35. The van der Waals surface area contributed by atoms with Gasteiger partial charge in [-0.1, -0.05) is 44.2 Å². The van der Waals surface area contributed by atoms with Gasteiger partial charge in [0.1, 0.15) is 6.61 Å². The molecule has 2 aromatic rings. The van der Waals surface area contributed by atoms with Gasteiger partial charge in [-0.3, -0.25) is 0 Å². The highest BCUT2D eigenvalue weighted by Gasteiger charge is 2.14. The van der Waals surface area contributed by atoms with E-state index in [-0.39, 0.29) is 17.9 Å². The Balaban J connectivity index is 2.17. The number of carboxylic acids is 1. The van der Waals surface area contributed by atoms with Gasteiger partial charge in [0.15, 0.2) is 11.6 Å². The largest absolute Gasteiger partial charge is 0.486 e. The lowest BCUT2D eigenvalue weighted by molar-refractivity contribution is -0.130. The summed E-state index contributed by atoms with van der Waals surface area (Å²) in [6.07, 6.45) is 1.54. The minimum absolute atomic E-state index is 0.0822. The van der Waals surface area contributed by atoms with Crippen LogP contribution in [0.15, 0.2) is 48.5 Å². The van der Waals surface area contributed by atoms with Gasteiger partial charge in [-0.2, -0.15) is 0 Å². The molecule has 0 amide bonds. The van der Waals surface area contributed by atoms with E-state index < -0.39 is 11.8 Å². The van der Waals surface area contributed by atoms with Crippen molar-refractivity contribution in [3.63, 3.8) is 0 Å². The Morgan fingerprint density at radius 2 is 1.96 bits per heavy atom. The third-order valence-electron chi connectivity index (χ3n) is 4.21. The van der Waals surface area contributed by atoms with Crippen molar-refractivity contribution in [2.24, 2.45) is 5.92 Å². The van der Waals surface area contributed by atoms with Crippen molar-refractivity contribution in [1.82, 2.24) is 0 Å². The highest BCUT2D eigenvalue weighted by atomic mass is 19.1. The molecule has 4 nitrogen and oxygen atoms in total. The molecule has 0 aromatic heterocycles. The molecule has 0 aliphatic heterocycles. The maximum absolute atomic E-state index is 14.4. The van der Waals surface area contributed by atoms with Crippen molar-refractivity contribution in [1.29, 1.82) is 0 Å². The molecule has 0 bridgehead atoms. The first-order chi connectivity index (χ1) is 12.8. The fourth-order valence-electron chi connectivity index (χ4n) is 2.96. The first-order valence-corrected chi connectivity index (χ1v) is 8.94. The Morgan fingerprint density at radius 1 is 1.26 bits per heavy atom. The van der Waals surface area contributed by atoms with Crippen LogP contribution in [0.4, 0.5) is 10.1 Å². The molecule has 27 heavy (non-hydrogen) atoms. The van der Waals surface area contributed by atoms with Gasteiger partial charge in [0.2, 0.25) is 0 Å². The fraction of sp³-hybridized carbons (Fsp3) is 0.318. The number of hydrogen-bond acceptors (Lipinski definition) is 3. The molecule has 0 fully saturated rings. The van der Waals surface area contributed by atoms with Gasteiger partial charge in [0.25, 0.3) is 0 Å². The molecule has 5 heteroatoms. The van der Waals surface area contributed by atoms with Gasteiger partial charge < -0.3 is 14.7 Å². The Bertz CT molecular complexity index is 830. The van der Waals surface area contributed by atoms with Crippen LogP contribution in [0.3, 0.4) is 0 Å². The van der Waals surface area contributed by atoms with E-state index in [4.69, 9.17) is 4.74 Å². The lowest BCUT2D eigenvalue weighted by Crippen LogP contribution is -2.22. The van der Waals surface area contributed by atoms with E-state index >= 15 is 0 Å². The number of benzene rings is 2. The number of ether oxygens (including phenoxy) is 1. The van der Waals surface area contributed by atoms with Crippen molar-refractivity contribution in [3.8, 4) is 5.75 Å². The van der Waals surface area contributed by atoms with E-state index in [2.05, 4.69) is 13.8 Å². The molecular weight excluding hydrogens is 345 g/mol. The van der Waals surface area contributed by atoms with E-state index in [9.17, 15) is 14.3 Å². The number of nitrogens with zero attached hydrogens (tertiary/aromatic N) is 1. The van der Waals surface area contributed by atoms with E-state index in [0.717, 1.165) is 12.2 Å². The smallest absolute Gasteiger partial charge is 0.335 e. The SMILES string of the molecule is CC=C(C(=O)O)c1ccccc1COc1ccc(N(C)CC(C)C)cc1F. The Morgan fingerprint density at radius 3 is 2.56 bits per heavy atom. The molecule has 0 atom stereocenters. The zero-order valence-corrected chi connectivity index (χ0v) is 16.2. The number of anilines is 1. The van der Waals surface area contributed by atoms with Crippen LogP contribution in [0.25, 0.3) is 5.57 Å². The lowest BCUT2D eigenvalue weighted by Gasteiger charge is -2.22. The summed E-state index contributed by atoms with van der Waals surface area (Å²) in [7, 11) is 1.93. The number of rotatable bonds is 8. The van der Waals surface area contributed by atoms with Gasteiger partial charge in [-0.15, -0.1) is 0 Å². The van der Waals surface area contributed by atoms with Crippen LogP contribution in [0.1, 0.15) is 31.9 Å². The number of aliphatic carboxylic acids is 1. The molecular formula is C22H26FNO3. The average Bonchev–Trinajstić information content (AvgIpc) is 2.61. The van der Waals surface area contributed by atoms with Crippen LogP contribution in [0, 0.1) is 11.7 Å². The number of halogens is 1. The monoisotopic (exact) mass is 371 g/mol. The summed E-state index contributed by atoms with van der Waals surface area (Å²) in [5.41, 5.74) is 2.24. The van der Waals surface area contributed by atoms with E-state index in [0.29, 0.717) is 17.0 Å². The molecule has 2 rings (SSSR count). The van der Waals surface area contributed by atoms with Gasteiger partial charge in [-0.25, -0.2) is 9.18 Å². The second-order valence-electron chi connectivity index (χ2n) is 6.84. The molecule has 0 radical (unpaired) electrons.